The quantitative estimate of drug-likeness (QED) is 0.489. The fourth-order valence-corrected chi connectivity index (χ4v) is 2.76. The van der Waals surface area contributed by atoms with Gasteiger partial charge in [-0.05, 0) is 51.9 Å². The van der Waals surface area contributed by atoms with Gasteiger partial charge in [-0.2, -0.15) is 0 Å². The third-order valence-electron chi connectivity index (χ3n) is 3.34. The molecule has 1 fully saturated rings. The lowest BCUT2D eigenvalue weighted by Gasteiger charge is -2.28. The van der Waals surface area contributed by atoms with Gasteiger partial charge in [-0.15, -0.1) is 0 Å². The molecule has 84 valence electrons. The van der Waals surface area contributed by atoms with E-state index in [1.54, 1.807) is 0 Å². The van der Waals surface area contributed by atoms with Gasteiger partial charge < -0.3 is 4.74 Å². The van der Waals surface area contributed by atoms with Gasteiger partial charge >= 0.3 is 5.97 Å². The Bertz CT molecular complexity index is 285. The number of hydrogen-bond acceptors (Lipinski definition) is 2. The van der Waals surface area contributed by atoms with Crippen LogP contribution in [0.1, 0.15) is 40.0 Å². The summed E-state index contributed by atoms with van der Waals surface area (Å²) in [6.45, 7) is 5.81. The highest BCUT2D eigenvalue weighted by molar-refractivity contribution is 5.74. The molecule has 2 bridgehead atoms. The van der Waals surface area contributed by atoms with Crippen LogP contribution in [0.4, 0.5) is 0 Å². The largest absolute Gasteiger partial charge is 0.460 e. The minimum Gasteiger partial charge on any atom is -0.460 e. The minimum absolute atomic E-state index is 0.0133. The zero-order chi connectivity index (χ0) is 11.1. The van der Waals surface area contributed by atoms with Crippen molar-refractivity contribution in [2.45, 2.75) is 45.6 Å². The predicted octanol–water partition coefficient (Wildman–Crippen LogP) is 2.93. The standard InChI is InChI=1S/C13H20O2/c1-13(2,3)15-12(14)11-9-5-4-6-10(11)8-7-9/h4-5,9-11H,6-8H2,1-3H3. The van der Waals surface area contributed by atoms with Crippen molar-refractivity contribution in [3.63, 3.8) is 0 Å². The first-order valence-corrected chi connectivity index (χ1v) is 5.87. The highest BCUT2D eigenvalue weighted by Gasteiger charge is 2.42. The number of carbonyl (C=O) groups excluding carboxylic acids is 1. The summed E-state index contributed by atoms with van der Waals surface area (Å²) in [6, 6.07) is 0. The van der Waals surface area contributed by atoms with E-state index in [1.807, 2.05) is 20.8 Å². The Morgan fingerprint density at radius 1 is 1.33 bits per heavy atom. The molecule has 2 rings (SSSR count). The van der Waals surface area contributed by atoms with E-state index in [0.717, 1.165) is 12.8 Å². The predicted molar refractivity (Wildman–Crippen MR) is 59.3 cm³/mol. The number of fused-ring (bicyclic) bond motifs is 2. The van der Waals surface area contributed by atoms with Gasteiger partial charge in [-0.1, -0.05) is 12.2 Å². The first-order chi connectivity index (χ1) is 6.97. The van der Waals surface area contributed by atoms with Crippen LogP contribution in [0, 0.1) is 17.8 Å². The lowest BCUT2D eigenvalue weighted by molar-refractivity contribution is -0.162. The number of rotatable bonds is 1. The molecule has 2 heteroatoms. The fraction of sp³-hybridized carbons (Fsp3) is 0.769. The molecule has 0 N–H and O–H groups in total. The Labute approximate surface area is 91.7 Å². The highest BCUT2D eigenvalue weighted by atomic mass is 16.6. The van der Waals surface area contributed by atoms with Crippen LogP contribution in [0.5, 0.6) is 0 Å². The topological polar surface area (TPSA) is 26.3 Å². The molecule has 0 heterocycles. The monoisotopic (exact) mass is 208 g/mol. The SMILES string of the molecule is CC(C)(C)OC(=O)C1C2C=CCC1CC2. The maximum absolute atomic E-state index is 12.0. The van der Waals surface area contributed by atoms with Gasteiger partial charge in [-0.25, -0.2) is 0 Å². The van der Waals surface area contributed by atoms with E-state index in [1.165, 1.54) is 6.42 Å². The second kappa shape index (κ2) is 3.66. The van der Waals surface area contributed by atoms with Gasteiger partial charge in [-0.3, -0.25) is 4.79 Å². The lowest BCUT2D eigenvalue weighted by Crippen LogP contribution is -2.33. The van der Waals surface area contributed by atoms with Crippen LogP contribution in [-0.4, -0.2) is 11.6 Å². The molecule has 3 atom stereocenters. The summed E-state index contributed by atoms with van der Waals surface area (Å²) >= 11 is 0. The Balaban J connectivity index is 2.05. The van der Waals surface area contributed by atoms with E-state index in [0.29, 0.717) is 11.8 Å². The van der Waals surface area contributed by atoms with Crippen LogP contribution in [-0.2, 0) is 9.53 Å². The number of carbonyl (C=O) groups is 1. The first-order valence-electron chi connectivity index (χ1n) is 5.87. The molecular formula is C13H20O2. The van der Waals surface area contributed by atoms with Crippen LogP contribution in [0.2, 0.25) is 0 Å². The van der Waals surface area contributed by atoms with Crippen LogP contribution in [0.25, 0.3) is 0 Å². The van der Waals surface area contributed by atoms with Crippen molar-refractivity contribution >= 4 is 5.97 Å². The third kappa shape index (κ3) is 2.24. The molecule has 0 amide bonds. The Kier molecular flexibility index (Phi) is 2.61. The first kappa shape index (κ1) is 10.7. The molecule has 3 unspecified atom stereocenters. The van der Waals surface area contributed by atoms with E-state index < -0.39 is 0 Å². The summed E-state index contributed by atoms with van der Waals surface area (Å²) in [5, 5.41) is 0. The fourth-order valence-electron chi connectivity index (χ4n) is 2.76. The van der Waals surface area contributed by atoms with E-state index in [2.05, 4.69) is 12.2 Å². The van der Waals surface area contributed by atoms with E-state index in [9.17, 15) is 4.79 Å². The Morgan fingerprint density at radius 2 is 2.07 bits per heavy atom. The van der Waals surface area contributed by atoms with Gasteiger partial charge in [0, 0.05) is 0 Å². The smallest absolute Gasteiger partial charge is 0.310 e. The average Bonchev–Trinajstić information content (AvgIpc) is 2.34. The Morgan fingerprint density at radius 3 is 2.67 bits per heavy atom. The summed E-state index contributed by atoms with van der Waals surface area (Å²) < 4.78 is 5.49. The molecule has 1 saturated carbocycles. The highest BCUT2D eigenvalue weighted by Crippen LogP contribution is 2.44. The van der Waals surface area contributed by atoms with Gasteiger partial charge in [0.1, 0.15) is 5.60 Å². The van der Waals surface area contributed by atoms with Crippen molar-refractivity contribution in [2.75, 3.05) is 0 Å². The van der Waals surface area contributed by atoms with Gasteiger partial charge in [0.15, 0.2) is 0 Å². The molecular weight excluding hydrogens is 188 g/mol. The summed E-state index contributed by atoms with van der Waals surface area (Å²) in [7, 11) is 0. The van der Waals surface area contributed by atoms with Crippen molar-refractivity contribution in [3.05, 3.63) is 12.2 Å². The molecule has 0 aromatic carbocycles. The molecule has 15 heavy (non-hydrogen) atoms. The van der Waals surface area contributed by atoms with E-state index in [4.69, 9.17) is 4.74 Å². The molecule has 2 aliphatic rings. The zero-order valence-electron chi connectivity index (χ0n) is 9.82. The van der Waals surface area contributed by atoms with Crippen LogP contribution in [0.3, 0.4) is 0 Å². The number of allylic oxidation sites excluding steroid dienone is 2. The number of ether oxygens (including phenoxy) is 1. The molecule has 0 spiro atoms. The Hall–Kier alpha value is -0.790. The van der Waals surface area contributed by atoms with Gasteiger partial charge in [0.2, 0.25) is 0 Å². The normalized spacial score (nSPS) is 34.2. The average molecular weight is 208 g/mol. The second-order valence-corrected chi connectivity index (χ2v) is 5.72. The van der Waals surface area contributed by atoms with Crippen molar-refractivity contribution in [1.29, 1.82) is 0 Å². The van der Waals surface area contributed by atoms with Gasteiger partial charge in [0.05, 0.1) is 5.92 Å². The van der Waals surface area contributed by atoms with Gasteiger partial charge in [0.25, 0.3) is 0 Å². The molecule has 2 nitrogen and oxygen atoms in total. The molecule has 0 aromatic rings. The van der Waals surface area contributed by atoms with Crippen molar-refractivity contribution in [2.24, 2.45) is 17.8 Å². The minimum atomic E-state index is -0.350. The maximum atomic E-state index is 12.0. The van der Waals surface area contributed by atoms with Crippen LogP contribution in [0.15, 0.2) is 12.2 Å². The second-order valence-electron chi connectivity index (χ2n) is 5.72. The third-order valence-corrected chi connectivity index (χ3v) is 3.34. The van der Waals surface area contributed by atoms with E-state index in [-0.39, 0.29) is 17.5 Å². The van der Waals surface area contributed by atoms with Crippen LogP contribution < -0.4 is 0 Å². The zero-order valence-corrected chi connectivity index (χ0v) is 9.82. The molecule has 2 aliphatic carbocycles. The summed E-state index contributed by atoms with van der Waals surface area (Å²) in [5.41, 5.74) is -0.350. The number of esters is 1. The molecule has 0 aromatic heterocycles. The van der Waals surface area contributed by atoms with Crippen molar-refractivity contribution < 1.29 is 9.53 Å². The summed E-state index contributed by atoms with van der Waals surface area (Å²) in [5.74, 6) is 1.13. The maximum Gasteiger partial charge on any atom is 0.310 e. The lowest BCUT2D eigenvalue weighted by atomic mass is 9.83. The summed E-state index contributed by atoms with van der Waals surface area (Å²) in [4.78, 5) is 12.0. The van der Waals surface area contributed by atoms with Crippen LogP contribution >= 0.6 is 0 Å². The summed E-state index contributed by atoms with van der Waals surface area (Å²) in [6.07, 6.45) is 7.83. The molecule has 0 aliphatic heterocycles. The van der Waals surface area contributed by atoms with Crippen molar-refractivity contribution in [3.8, 4) is 0 Å². The van der Waals surface area contributed by atoms with Crippen molar-refractivity contribution in [1.82, 2.24) is 0 Å². The molecule has 0 radical (unpaired) electrons. The molecule has 0 saturated heterocycles. The van der Waals surface area contributed by atoms with E-state index >= 15 is 0 Å². The number of hydrogen-bond donors (Lipinski definition) is 0.